The molecule has 0 amide bonds. The number of aromatic amines is 1. The highest BCUT2D eigenvalue weighted by atomic mass is 16.6. The van der Waals surface area contributed by atoms with E-state index in [4.69, 9.17) is 23.9 Å². The van der Waals surface area contributed by atoms with Gasteiger partial charge in [0.2, 0.25) is 0 Å². The first kappa shape index (κ1) is 15.6. The van der Waals surface area contributed by atoms with Crippen LogP contribution in [0.5, 0.6) is 0 Å². The van der Waals surface area contributed by atoms with Crippen molar-refractivity contribution in [3.8, 4) is 11.4 Å². The maximum Gasteiger partial charge on any atom is 0.181 e. The van der Waals surface area contributed by atoms with Crippen LogP contribution in [0.1, 0.15) is 29.4 Å². The molecule has 2 aliphatic rings. The first-order valence-electron chi connectivity index (χ1n) is 8.09. The Morgan fingerprint density at radius 2 is 1.54 bits per heavy atom. The van der Waals surface area contributed by atoms with Crippen LogP contribution in [0.4, 0.5) is 0 Å². The maximum absolute atomic E-state index is 5.79. The minimum absolute atomic E-state index is 0.193. The fourth-order valence-electron chi connectivity index (χ4n) is 2.82. The Balaban J connectivity index is 1.71. The number of ether oxygens (including phenoxy) is 4. The third-order valence-corrected chi connectivity index (χ3v) is 4.01. The van der Waals surface area contributed by atoms with Crippen molar-refractivity contribution in [3.05, 3.63) is 29.3 Å². The molecule has 2 atom stereocenters. The Morgan fingerprint density at radius 3 is 2.00 bits per heavy atom. The Hall–Kier alpha value is -1.87. The van der Waals surface area contributed by atoms with E-state index in [-0.39, 0.29) is 12.2 Å². The van der Waals surface area contributed by atoms with Crippen molar-refractivity contribution in [1.82, 2.24) is 20.2 Å². The molecule has 4 rings (SSSR count). The fourth-order valence-corrected chi connectivity index (χ4v) is 2.82. The van der Waals surface area contributed by atoms with E-state index in [0.29, 0.717) is 45.5 Å². The summed E-state index contributed by atoms with van der Waals surface area (Å²) in [5.74, 6) is 1.39. The first-order valence-corrected chi connectivity index (χ1v) is 8.09. The standard InChI is InChI=1S/C16H20N4O4/c1-10-17-16(20-19-10)11-6-12(14-8-21-2-4-23-14)18-13(7-11)15-9-22-3-5-24-15/h6-7,14-15H,2-5,8-9H2,1H3,(H,17,19,20). The molecular weight excluding hydrogens is 312 g/mol. The lowest BCUT2D eigenvalue weighted by molar-refractivity contribution is -0.0961. The normalized spacial score (nSPS) is 24.9. The molecule has 1 N–H and O–H groups in total. The smallest absolute Gasteiger partial charge is 0.181 e. The summed E-state index contributed by atoms with van der Waals surface area (Å²) in [6.45, 7) is 5.21. The van der Waals surface area contributed by atoms with Crippen LogP contribution >= 0.6 is 0 Å². The van der Waals surface area contributed by atoms with E-state index < -0.39 is 0 Å². The molecule has 4 heterocycles. The van der Waals surface area contributed by atoms with Gasteiger partial charge in [-0.2, -0.15) is 5.10 Å². The van der Waals surface area contributed by atoms with Crippen LogP contribution in [-0.4, -0.2) is 59.8 Å². The molecule has 0 aromatic carbocycles. The zero-order chi connectivity index (χ0) is 16.4. The van der Waals surface area contributed by atoms with Crippen LogP contribution in [0.3, 0.4) is 0 Å². The number of pyridine rings is 1. The van der Waals surface area contributed by atoms with Crippen molar-refractivity contribution in [2.24, 2.45) is 0 Å². The first-order chi connectivity index (χ1) is 11.8. The topological polar surface area (TPSA) is 91.4 Å². The van der Waals surface area contributed by atoms with Crippen molar-refractivity contribution in [1.29, 1.82) is 0 Å². The van der Waals surface area contributed by atoms with Gasteiger partial charge >= 0.3 is 0 Å². The Labute approximate surface area is 139 Å². The lowest BCUT2D eigenvalue weighted by Crippen LogP contribution is -2.25. The van der Waals surface area contributed by atoms with Gasteiger partial charge < -0.3 is 18.9 Å². The van der Waals surface area contributed by atoms with Gasteiger partial charge in [0.1, 0.15) is 18.0 Å². The van der Waals surface area contributed by atoms with Gasteiger partial charge in [0.15, 0.2) is 5.82 Å². The van der Waals surface area contributed by atoms with Crippen molar-refractivity contribution in [3.63, 3.8) is 0 Å². The Bertz CT molecular complexity index is 657. The highest BCUT2D eigenvalue weighted by Gasteiger charge is 2.24. The zero-order valence-corrected chi connectivity index (χ0v) is 13.5. The molecule has 8 nitrogen and oxygen atoms in total. The minimum Gasteiger partial charge on any atom is -0.376 e. The lowest BCUT2D eigenvalue weighted by Gasteiger charge is -2.26. The number of H-pyrrole nitrogens is 1. The highest BCUT2D eigenvalue weighted by Crippen LogP contribution is 2.28. The Kier molecular flexibility index (Phi) is 4.52. The molecule has 0 bridgehead atoms. The molecule has 0 radical (unpaired) electrons. The minimum atomic E-state index is -0.193. The second-order valence-electron chi connectivity index (χ2n) is 5.82. The molecule has 0 spiro atoms. The predicted octanol–water partition coefficient (Wildman–Crippen LogP) is 1.35. The molecule has 8 heteroatoms. The molecule has 0 saturated carbocycles. The molecule has 0 aliphatic carbocycles. The van der Waals surface area contributed by atoms with Crippen molar-refractivity contribution < 1.29 is 18.9 Å². The van der Waals surface area contributed by atoms with E-state index in [1.54, 1.807) is 0 Å². The summed E-state index contributed by atoms with van der Waals surface area (Å²) < 4.78 is 22.6. The highest BCUT2D eigenvalue weighted by molar-refractivity contribution is 5.56. The summed E-state index contributed by atoms with van der Waals surface area (Å²) >= 11 is 0. The van der Waals surface area contributed by atoms with E-state index >= 15 is 0 Å². The summed E-state index contributed by atoms with van der Waals surface area (Å²) in [5.41, 5.74) is 2.49. The monoisotopic (exact) mass is 332 g/mol. The van der Waals surface area contributed by atoms with Crippen LogP contribution in [0.25, 0.3) is 11.4 Å². The van der Waals surface area contributed by atoms with Crippen LogP contribution in [0.15, 0.2) is 12.1 Å². The van der Waals surface area contributed by atoms with E-state index in [9.17, 15) is 0 Å². The van der Waals surface area contributed by atoms with E-state index in [1.807, 2.05) is 19.1 Å². The molecule has 2 aromatic rings. The van der Waals surface area contributed by atoms with Gasteiger partial charge in [-0.15, -0.1) is 0 Å². The fraction of sp³-hybridized carbons (Fsp3) is 0.562. The van der Waals surface area contributed by atoms with Gasteiger partial charge in [0, 0.05) is 5.56 Å². The van der Waals surface area contributed by atoms with Crippen molar-refractivity contribution >= 4 is 0 Å². The van der Waals surface area contributed by atoms with E-state index in [0.717, 1.165) is 22.8 Å². The molecule has 128 valence electrons. The van der Waals surface area contributed by atoms with Crippen molar-refractivity contribution in [2.75, 3.05) is 39.6 Å². The predicted molar refractivity (Wildman–Crippen MR) is 83.4 cm³/mol. The van der Waals surface area contributed by atoms with Crippen LogP contribution in [-0.2, 0) is 18.9 Å². The van der Waals surface area contributed by atoms with Crippen molar-refractivity contribution in [2.45, 2.75) is 19.1 Å². The molecule has 2 fully saturated rings. The number of hydrogen-bond donors (Lipinski definition) is 1. The van der Waals surface area contributed by atoms with Crippen LogP contribution < -0.4 is 0 Å². The summed E-state index contributed by atoms with van der Waals surface area (Å²) in [6.07, 6.45) is -0.385. The van der Waals surface area contributed by atoms with Gasteiger partial charge in [-0.1, -0.05) is 0 Å². The van der Waals surface area contributed by atoms with Crippen LogP contribution in [0.2, 0.25) is 0 Å². The molecule has 2 aromatic heterocycles. The summed E-state index contributed by atoms with van der Waals surface area (Å²) in [4.78, 5) is 9.15. The molecular formula is C16H20N4O4. The number of hydrogen-bond acceptors (Lipinski definition) is 7. The second kappa shape index (κ2) is 6.94. The summed E-state index contributed by atoms with van der Waals surface area (Å²) in [6, 6.07) is 3.91. The average Bonchev–Trinajstić information content (AvgIpc) is 3.09. The van der Waals surface area contributed by atoms with Crippen LogP contribution in [0, 0.1) is 6.92 Å². The third kappa shape index (κ3) is 3.32. The third-order valence-electron chi connectivity index (χ3n) is 4.01. The number of nitrogens with one attached hydrogen (secondary N) is 1. The maximum atomic E-state index is 5.79. The second-order valence-corrected chi connectivity index (χ2v) is 5.82. The van der Waals surface area contributed by atoms with Gasteiger partial charge in [-0.05, 0) is 19.1 Å². The SMILES string of the molecule is Cc1nc(-c2cc(C3COCCO3)nc(C3COCCO3)c2)n[nH]1. The van der Waals surface area contributed by atoms with Gasteiger partial charge in [0.05, 0.1) is 51.0 Å². The molecule has 24 heavy (non-hydrogen) atoms. The Morgan fingerprint density at radius 1 is 0.917 bits per heavy atom. The lowest BCUT2D eigenvalue weighted by atomic mass is 10.1. The quantitative estimate of drug-likeness (QED) is 0.907. The number of nitrogens with zero attached hydrogens (tertiary/aromatic N) is 3. The summed E-state index contributed by atoms with van der Waals surface area (Å²) in [5, 5.41) is 7.12. The number of aromatic nitrogens is 4. The van der Waals surface area contributed by atoms with E-state index in [1.165, 1.54) is 0 Å². The van der Waals surface area contributed by atoms with E-state index in [2.05, 4.69) is 15.2 Å². The average molecular weight is 332 g/mol. The molecule has 2 unspecified atom stereocenters. The van der Waals surface area contributed by atoms with Gasteiger partial charge in [0.25, 0.3) is 0 Å². The zero-order valence-electron chi connectivity index (χ0n) is 13.5. The number of rotatable bonds is 3. The molecule has 2 aliphatic heterocycles. The largest absolute Gasteiger partial charge is 0.376 e. The number of aryl methyl sites for hydroxylation is 1. The summed E-state index contributed by atoms with van der Waals surface area (Å²) in [7, 11) is 0. The van der Waals surface area contributed by atoms with Gasteiger partial charge in [-0.3, -0.25) is 10.1 Å². The molecule has 2 saturated heterocycles. The van der Waals surface area contributed by atoms with Gasteiger partial charge in [-0.25, -0.2) is 4.98 Å².